The molecular weight excluding hydrogens is 283 g/mol. The molecule has 0 N–H and O–H groups in total. The minimum Gasteiger partial charge on any atom is -0.417 e. The van der Waals surface area contributed by atoms with Gasteiger partial charge in [-0.25, -0.2) is 0 Å². The van der Waals surface area contributed by atoms with Gasteiger partial charge in [0.15, 0.2) is 8.32 Å². The summed E-state index contributed by atoms with van der Waals surface area (Å²) in [4.78, 5) is 0. The maximum absolute atomic E-state index is 6.10. The summed E-state index contributed by atoms with van der Waals surface area (Å²) in [5.74, 6) is 2.18. The van der Waals surface area contributed by atoms with Gasteiger partial charge in [0.1, 0.15) is 0 Å². The van der Waals surface area contributed by atoms with Crippen molar-refractivity contribution in [2.24, 2.45) is 0 Å². The lowest BCUT2D eigenvalue weighted by atomic mass is 10.5. The van der Waals surface area contributed by atoms with Gasteiger partial charge in [-0.2, -0.15) is 0 Å². The van der Waals surface area contributed by atoms with Crippen molar-refractivity contribution >= 4 is 43.1 Å². The number of hydrogen-bond donors (Lipinski definition) is 0. The molecule has 16 heavy (non-hydrogen) atoms. The van der Waals surface area contributed by atoms with Crippen LogP contribution in [0.3, 0.4) is 0 Å². The Morgan fingerprint density at radius 2 is 1.19 bits per heavy atom. The zero-order valence-electron chi connectivity index (χ0n) is 10.1. The minimum atomic E-state index is -1.61. The third-order valence-electron chi connectivity index (χ3n) is 2.75. The minimum absolute atomic E-state index is 0.726. The zero-order valence-corrected chi connectivity index (χ0v) is 13.4. The lowest BCUT2D eigenvalue weighted by molar-refractivity contribution is 0.316. The Balaban J connectivity index is 4.32. The van der Waals surface area contributed by atoms with Gasteiger partial charge in [-0.1, -0.05) is 0 Å². The van der Waals surface area contributed by atoms with Crippen LogP contribution < -0.4 is 0 Å². The average Bonchev–Trinajstić information content (AvgIpc) is 2.31. The smallest absolute Gasteiger partial charge is 0.192 e. The van der Waals surface area contributed by atoms with E-state index in [0.717, 1.165) is 61.6 Å². The molecule has 0 rings (SSSR count). The molecule has 0 fully saturated rings. The molecule has 0 aromatic heterocycles. The fourth-order valence-corrected chi connectivity index (χ4v) is 7.40. The van der Waals surface area contributed by atoms with E-state index >= 15 is 0 Å². The topological polar surface area (TPSA) is 9.23 Å². The van der Waals surface area contributed by atoms with Crippen LogP contribution in [0.5, 0.6) is 0 Å². The molecular formula is C11H23Cl3OSi. The lowest BCUT2D eigenvalue weighted by Crippen LogP contribution is -2.38. The van der Waals surface area contributed by atoms with E-state index in [4.69, 9.17) is 39.2 Å². The highest BCUT2D eigenvalue weighted by molar-refractivity contribution is 6.73. The molecule has 0 saturated heterocycles. The summed E-state index contributed by atoms with van der Waals surface area (Å²) in [6.45, 7) is 2.88. The van der Waals surface area contributed by atoms with E-state index < -0.39 is 8.32 Å². The van der Waals surface area contributed by atoms with Gasteiger partial charge in [-0.05, 0) is 44.3 Å². The fourth-order valence-electron chi connectivity index (χ4n) is 2.06. The molecule has 0 aromatic rings. The van der Waals surface area contributed by atoms with Crippen molar-refractivity contribution in [1.29, 1.82) is 0 Å². The highest BCUT2D eigenvalue weighted by Gasteiger charge is 2.32. The second-order valence-corrected chi connectivity index (χ2v) is 9.28. The SMILES string of the molecule is CCO[Si](CCCCl)(CCCCl)CCCCl. The molecule has 0 aliphatic rings. The maximum atomic E-state index is 6.10. The molecule has 0 atom stereocenters. The standard InChI is InChI=1S/C11H23Cl3OSi/c1-2-15-16(9-3-6-12,10-4-7-13)11-5-8-14/h2-11H2,1H3. The van der Waals surface area contributed by atoms with Crippen LogP contribution in [0.4, 0.5) is 0 Å². The lowest BCUT2D eigenvalue weighted by Gasteiger charge is -2.31. The van der Waals surface area contributed by atoms with Crippen LogP contribution in [0, 0.1) is 0 Å². The first-order valence-corrected chi connectivity index (χ1v) is 10.2. The quantitative estimate of drug-likeness (QED) is 0.391. The number of halogens is 3. The van der Waals surface area contributed by atoms with Gasteiger partial charge in [-0.3, -0.25) is 0 Å². The molecule has 5 heteroatoms. The van der Waals surface area contributed by atoms with Crippen LogP contribution in [-0.4, -0.2) is 32.6 Å². The summed E-state index contributed by atoms with van der Waals surface area (Å²) in [6.07, 6.45) is 3.16. The van der Waals surface area contributed by atoms with Gasteiger partial charge in [0, 0.05) is 24.2 Å². The van der Waals surface area contributed by atoms with Crippen LogP contribution in [0.2, 0.25) is 18.1 Å². The summed E-state index contributed by atoms with van der Waals surface area (Å²) in [5.41, 5.74) is 0. The van der Waals surface area contributed by atoms with Crippen LogP contribution in [0.15, 0.2) is 0 Å². The van der Waals surface area contributed by atoms with Gasteiger partial charge in [0.05, 0.1) is 0 Å². The predicted molar refractivity (Wildman–Crippen MR) is 77.8 cm³/mol. The molecule has 0 spiro atoms. The summed E-state index contributed by atoms with van der Waals surface area (Å²) in [7, 11) is -1.61. The highest BCUT2D eigenvalue weighted by atomic mass is 35.5. The summed E-state index contributed by atoms with van der Waals surface area (Å²) < 4.78 is 6.10. The van der Waals surface area contributed by atoms with E-state index in [1.165, 1.54) is 0 Å². The van der Waals surface area contributed by atoms with Crippen molar-refractivity contribution in [2.45, 2.75) is 44.3 Å². The van der Waals surface area contributed by atoms with Crippen LogP contribution in [0.1, 0.15) is 26.2 Å². The van der Waals surface area contributed by atoms with Crippen molar-refractivity contribution in [3.63, 3.8) is 0 Å². The Morgan fingerprint density at radius 3 is 1.44 bits per heavy atom. The van der Waals surface area contributed by atoms with E-state index in [1.54, 1.807) is 0 Å². The van der Waals surface area contributed by atoms with Gasteiger partial charge in [0.25, 0.3) is 0 Å². The van der Waals surface area contributed by atoms with Gasteiger partial charge in [-0.15, -0.1) is 34.8 Å². The van der Waals surface area contributed by atoms with E-state index in [1.807, 2.05) is 0 Å². The Bertz CT molecular complexity index is 136. The second-order valence-electron chi connectivity index (χ2n) is 3.99. The van der Waals surface area contributed by atoms with Crippen molar-refractivity contribution in [3.8, 4) is 0 Å². The first-order chi connectivity index (χ1) is 7.74. The van der Waals surface area contributed by atoms with Gasteiger partial charge < -0.3 is 4.43 Å². The molecule has 0 bridgehead atoms. The average molecular weight is 306 g/mol. The number of hydrogen-bond acceptors (Lipinski definition) is 1. The molecule has 0 unspecified atom stereocenters. The first-order valence-electron chi connectivity index (χ1n) is 6.06. The monoisotopic (exact) mass is 304 g/mol. The Kier molecular flexibility index (Phi) is 11.9. The molecule has 0 radical (unpaired) electrons. The van der Waals surface area contributed by atoms with Gasteiger partial charge in [0.2, 0.25) is 0 Å². The maximum Gasteiger partial charge on any atom is 0.192 e. The molecule has 0 heterocycles. The first kappa shape index (κ1) is 17.0. The third kappa shape index (κ3) is 7.39. The predicted octanol–water partition coefficient (Wildman–Crippen LogP) is 4.86. The summed E-state index contributed by atoms with van der Waals surface area (Å²) in [6, 6.07) is 3.45. The zero-order chi connectivity index (χ0) is 12.3. The molecule has 0 saturated carbocycles. The van der Waals surface area contributed by atoms with Crippen molar-refractivity contribution < 1.29 is 4.43 Å². The van der Waals surface area contributed by atoms with E-state index in [0.29, 0.717) is 0 Å². The van der Waals surface area contributed by atoms with E-state index in [-0.39, 0.29) is 0 Å². The van der Waals surface area contributed by atoms with Crippen LogP contribution >= 0.6 is 34.8 Å². The highest BCUT2D eigenvalue weighted by Crippen LogP contribution is 2.28. The Labute approximate surface area is 116 Å². The largest absolute Gasteiger partial charge is 0.417 e. The third-order valence-corrected chi connectivity index (χ3v) is 8.25. The Hall–Kier alpha value is 1.05. The number of alkyl halides is 3. The Morgan fingerprint density at radius 1 is 0.812 bits per heavy atom. The van der Waals surface area contributed by atoms with Crippen LogP contribution in [-0.2, 0) is 4.43 Å². The molecule has 0 amide bonds. The number of rotatable bonds is 11. The normalized spacial score (nSPS) is 12.0. The van der Waals surface area contributed by atoms with Crippen LogP contribution in [0.25, 0.3) is 0 Å². The molecule has 1 nitrogen and oxygen atoms in total. The second kappa shape index (κ2) is 11.2. The summed E-state index contributed by atoms with van der Waals surface area (Å²) >= 11 is 17.4. The van der Waals surface area contributed by atoms with Crippen molar-refractivity contribution in [1.82, 2.24) is 0 Å². The van der Waals surface area contributed by atoms with E-state index in [2.05, 4.69) is 6.92 Å². The fraction of sp³-hybridized carbons (Fsp3) is 1.00. The molecule has 0 aliphatic heterocycles. The van der Waals surface area contributed by atoms with Crippen molar-refractivity contribution in [3.05, 3.63) is 0 Å². The van der Waals surface area contributed by atoms with Crippen molar-refractivity contribution in [2.75, 3.05) is 24.2 Å². The molecule has 98 valence electrons. The van der Waals surface area contributed by atoms with Gasteiger partial charge >= 0.3 is 0 Å². The van der Waals surface area contributed by atoms with E-state index in [9.17, 15) is 0 Å². The summed E-state index contributed by atoms with van der Waals surface area (Å²) in [5, 5.41) is 0. The molecule has 0 aliphatic carbocycles. The molecule has 0 aromatic carbocycles.